The fraction of sp³-hybridized carbons (Fsp3) is 0.0417. The van der Waals surface area contributed by atoms with Gasteiger partial charge in [0.1, 0.15) is 5.82 Å². The molecule has 9 rings (SSSR count). The van der Waals surface area contributed by atoms with Gasteiger partial charge in [0.2, 0.25) is 0 Å². The topological polar surface area (TPSA) is 30.7 Å². The first-order valence-electron chi connectivity index (χ1n) is 17.8. The number of aryl methyl sites for hydroxylation is 2. The molecule has 0 spiro atoms. The lowest BCUT2D eigenvalue weighted by atomic mass is 10.0. The van der Waals surface area contributed by atoms with Gasteiger partial charge in [0.25, 0.3) is 0 Å². The number of fused-ring (bicyclic) bond motifs is 3. The van der Waals surface area contributed by atoms with Crippen molar-refractivity contribution >= 4 is 50.6 Å². The van der Waals surface area contributed by atoms with Crippen LogP contribution in [-0.4, -0.2) is 22.6 Å². The highest BCUT2D eigenvalue weighted by Gasteiger charge is 2.41. The van der Waals surface area contributed by atoms with E-state index in [1.807, 2.05) is 0 Å². The minimum atomic E-state index is -2.75. The van der Waals surface area contributed by atoms with Crippen molar-refractivity contribution in [1.82, 2.24) is 14.5 Å². The smallest absolute Gasteiger partial charge is 0.179 e. The summed E-state index contributed by atoms with van der Waals surface area (Å²) in [7, 11) is -2.75. The molecule has 0 fully saturated rings. The summed E-state index contributed by atoms with van der Waals surface area (Å²) >= 11 is 0. The van der Waals surface area contributed by atoms with Gasteiger partial charge in [-0.2, -0.15) is 0 Å². The molecule has 248 valence electrons. The first-order chi connectivity index (χ1) is 25.6. The van der Waals surface area contributed by atoms with Crippen LogP contribution in [0.1, 0.15) is 11.1 Å². The van der Waals surface area contributed by atoms with Crippen LogP contribution in [0.2, 0.25) is 0 Å². The van der Waals surface area contributed by atoms with Crippen molar-refractivity contribution < 1.29 is 0 Å². The van der Waals surface area contributed by atoms with E-state index in [9.17, 15) is 0 Å². The number of aromatic nitrogens is 3. The van der Waals surface area contributed by atoms with E-state index < -0.39 is 8.07 Å². The van der Waals surface area contributed by atoms with Crippen molar-refractivity contribution in [3.8, 4) is 28.5 Å². The van der Waals surface area contributed by atoms with Crippen LogP contribution >= 0.6 is 0 Å². The number of nitrogens with zero attached hydrogens (tertiary/aromatic N) is 3. The summed E-state index contributed by atoms with van der Waals surface area (Å²) in [5.41, 5.74) is 7.59. The van der Waals surface area contributed by atoms with Gasteiger partial charge < -0.3 is 0 Å². The monoisotopic (exact) mass is 683 g/mol. The van der Waals surface area contributed by atoms with Crippen LogP contribution in [0, 0.1) is 13.8 Å². The normalized spacial score (nSPS) is 11.7. The highest BCUT2D eigenvalue weighted by Crippen LogP contribution is 2.34. The molecular formula is C48H37N3Si. The summed E-state index contributed by atoms with van der Waals surface area (Å²) in [4.78, 5) is 10.8. The van der Waals surface area contributed by atoms with E-state index in [4.69, 9.17) is 9.97 Å². The van der Waals surface area contributed by atoms with Crippen molar-refractivity contribution in [2.75, 3.05) is 0 Å². The lowest BCUT2D eigenvalue weighted by Gasteiger charge is -2.34. The van der Waals surface area contributed by atoms with Gasteiger partial charge in [-0.05, 0) is 57.9 Å². The fourth-order valence-electron chi connectivity index (χ4n) is 8.12. The predicted octanol–water partition coefficient (Wildman–Crippen LogP) is 8.90. The van der Waals surface area contributed by atoms with Crippen molar-refractivity contribution in [2.24, 2.45) is 0 Å². The van der Waals surface area contributed by atoms with E-state index in [0.717, 1.165) is 50.6 Å². The Morgan fingerprint density at radius 3 is 1.42 bits per heavy atom. The van der Waals surface area contributed by atoms with E-state index in [1.165, 1.54) is 31.5 Å². The predicted molar refractivity (Wildman–Crippen MR) is 220 cm³/mol. The maximum atomic E-state index is 5.40. The standard InChI is InChI=1S/C48H37N3Si/c1-34-18-16-19-35(2)47(34)48-49-43(33-46(50-48)51-44-30-14-12-28-41(44)42-29-13-15-31-45(42)51)36-20-17-27-40(32-36)52(37-21-6-3-7-22-37,38-23-8-4-9-24-38)39-25-10-5-11-26-39/h3-33H,1-2H3. The maximum absolute atomic E-state index is 5.40. The molecular weight excluding hydrogens is 647 g/mol. The number of benzene rings is 7. The SMILES string of the molecule is Cc1cccc(C)c1-c1nc(-c2cccc([Si](c3ccccc3)(c3ccccc3)c3ccccc3)c2)cc(-n2c3ccccc3c3ccccc32)n1. The van der Waals surface area contributed by atoms with Gasteiger partial charge in [0, 0.05) is 28.0 Å². The van der Waals surface area contributed by atoms with Gasteiger partial charge >= 0.3 is 0 Å². The summed E-state index contributed by atoms with van der Waals surface area (Å²) in [5.74, 6) is 1.58. The van der Waals surface area contributed by atoms with E-state index in [0.29, 0.717) is 0 Å². The molecule has 0 aliphatic carbocycles. The minimum absolute atomic E-state index is 0.730. The molecule has 9 aromatic rings. The Balaban J connectivity index is 1.34. The van der Waals surface area contributed by atoms with E-state index in [-0.39, 0.29) is 0 Å². The van der Waals surface area contributed by atoms with E-state index in [2.05, 4.69) is 206 Å². The van der Waals surface area contributed by atoms with Gasteiger partial charge in [-0.25, -0.2) is 9.97 Å². The molecule has 0 atom stereocenters. The van der Waals surface area contributed by atoms with Crippen molar-refractivity contribution in [2.45, 2.75) is 13.8 Å². The Kier molecular flexibility index (Phi) is 7.95. The summed E-state index contributed by atoms with van der Waals surface area (Å²) in [6.45, 7) is 4.30. The third kappa shape index (κ3) is 5.19. The molecule has 52 heavy (non-hydrogen) atoms. The van der Waals surface area contributed by atoms with Crippen LogP contribution in [-0.2, 0) is 0 Å². The van der Waals surface area contributed by atoms with Crippen LogP contribution in [0.15, 0.2) is 188 Å². The third-order valence-corrected chi connectivity index (χ3v) is 15.2. The molecule has 0 bridgehead atoms. The largest absolute Gasteiger partial charge is 0.294 e. The van der Waals surface area contributed by atoms with Crippen molar-refractivity contribution in [1.29, 1.82) is 0 Å². The Morgan fingerprint density at radius 1 is 0.423 bits per heavy atom. The highest BCUT2D eigenvalue weighted by molar-refractivity contribution is 7.19. The average Bonchev–Trinajstić information content (AvgIpc) is 3.54. The Hall–Kier alpha value is -6.36. The zero-order valence-corrected chi connectivity index (χ0v) is 30.2. The second kappa shape index (κ2) is 13.1. The molecule has 7 aromatic carbocycles. The summed E-state index contributed by atoms with van der Waals surface area (Å²) < 4.78 is 2.30. The highest BCUT2D eigenvalue weighted by atomic mass is 28.3. The second-order valence-electron chi connectivity index (χ2n) is 13.5. The molecule has 0 aliphatic heterocycles. The summed E-state index contributed by atoms with van der Waals surface area (Å²) in [5, 5.41) is 7.74. The lowest BCUT2D eigenvalue weighted by molar-refractivity contribution is 1.04. The molecule has 0 saturated heterocycles. The van der Waals surface area contributed by atoms with Gasteiger partial charge in [0.15, 0.2) is 13.9 Å². The molecule has 0 saturated carbocycles. The zero-order valence-electron chi connectivity index (χ0n) is 29.2. The van der Waals surface area contributed by atoms with E-state index in [1.54, 1.807) is 0 Å². The number of rotatable bonds is 7. The quantitative estimate of drug-likeness (QED) is 0.124. The van der Waals surface area contributed by atoms with Gasteiger partial charge in [0.05, 0.1) is 16.7 Å². The van der Waals surface area contributed by atoms with Gasteiger partial charge in [-0.1, -0.05) is 170 Å². The first-order valence-corrected chi connectivity index (χ1v) is 19.8. The molecule has 2 aromatic heterocycles. The van der Waals surface area contributed by atoms with Crippen LogP contribution in [0.4, 0.5) is 0 Å². The molecule has 0 N–H and O–H groups in total. The fourth-order valence-corrected chi connectivity index (χ4v) is 12.9. The molecule has 3 nitrogen and oxygen atoms in total. The number of hydrogen-bond donors (Lipinski definition) is 0. The van der Waals surface area contributed by atoms with Crippen LogP contribution in [0.25, 0.3) is 50.3 Å². The second-order valence-corrected chi connectivity index (χ2v) is 17.3. The van der Waals surface area contributed by atoms with Crippen LogP contribution in [0.5, 0.6) is 0 Å². The third-order valence-electron chi connectivity index (χ3n) is 10.4. The Bertz CT molecular complexity index is 2530. The minimum Gasteiger partial charge on any atom is -0.294 e. The Labute approximate surface area is 305 Å². The molecule has 0 radical (unpaired) electrons. The van der Waals surface area contributed by atoms with Gasteiger partial charge in [-0.3, -0.25) is 4.57 Å². The van der Waals surface area contributed by atoms with Crippen LogP contribution < -0.4 is 20.7 Å². The van der Waals surface area contributed by atoms with Crippen molar-refractivity contribution in [3.05, 3.63) is 199 Å². The molecule has 0 unspecified atom stereocenters. The zero-order chi connectivity index (χ0) is 35.1. The number of para-hydroxylation sites is 2. The number of hydrogen-bond acceptors (Lipinski definition) is 2. The average molecular weight is 684 g/mol. The maximum Gasteiger partial charge on any atom is 0.179 e. The molecule has 0 aliphatic rings. The molecule has 2 heterocycles. The van der Waals surface area contributed by atoms with Gasteiger partial charge in [-0.15, -0.1) is 0 Å². The molecule has 0 amide bonds. The van der Waals surface area contributed by atoms with Crippen molar-refractivity contribution in [3.63, 3.8) is 0 Å². The van der Waals surface area contributed by atoms with Crippen LogP contribution in [0.3, 0.4) is 0 Å². The molecule has 4 heteroatoms. The Morgan fingerprint density at radius 2 is 0.885 bits per heavy atom. The summed E-state index contributed by atoms with van der Waals surface area (Å²) in [6, 6.07) is 68.2. The van der Waals surface area contributed by atoms with E-state index >= 15 is 0 Å². The summed E-state index contributed by atoms with van der Waals surface area (Å²) in [6.07, 6.45) is 0. The first kappa shape index (κ1) is 31.6. The lowest BCUT2D eigenvalue weighted by Crippen LogP contribution is -2.74.